The van der Waals surface area contributed by atoms with Gasteiger partial charge >= 0.3 is 0 Å². The summed E-state index contributed by atoms with van der Waals surface area (Å²) in [5.41, 5.74) is 6.00. The lowest BCUT2D eigenvalue weighted by Crippen LogP contribution is -2.74. The van der Waals surface area contributed by atoms with Crippen molar-refractivity contribution in [1.82, 2.24) is 4.57 Å². The van der Waals surface area contributed by atoms with Crippen LogP contribution < -0.4 is 20.7 Å². The molecule has 7 aromatic carbocycles. The molecule has 1 nitrogen and oxygen atoms in total. The van der Waals surface area contributed by atoms with Gasteiger partial charge in [-0.05, 0) is 56.6 Å². The predicted octanol–water partition coefficient (Wildman–Crippen LogP) is 8.59. The van der Waals surface area contributed by atoms with Crippen molar-refractivity contribution in [3.63, 3.8) is 0 Å². The molecular weight excluding hydrogens is 626 g/mol. The van der Waals surface area contributed by atoms with Crippen LogP contribution in [-0.4, -0.2) is 12.6 Å². The molecule has 0 bridgehead atoms. The van der Waals surface area contributed by atoms with Gasteiger partial charge in [-0.3, -0.25) is 0 Å². The summed E-state index contributed by atoms with van der Waals surface area (Å²) in [6.45, 7) is 0. The lowest BCUT2D eigenvalue weighted by molar-refractivity contribution is 1.18. The highest BCUT2D eigenvalue weighted by molar-refractivity contribution is 9.10. The molecule has 0 aliphatic carbocycles. The fraction of sp³-hybridized carbons (Fsp3) is 0. The van der Waals surface area contributed by atoms with E-state index >= 15 is 0 Å². The SMILES string of the molecule is Brc1ccc2c(c1)c1ccccc1n2-c1ccccc1-c1cccc([Si](c2ccccc2)(c2ccccc2)c2ccccc2)c1. The maximum Gasteiger partial charge on any atom is 0.179 e. The topological polar surface area (TPSA) is 4.93 Å². The summed E-state index contributed by atoms with van der Waals surface area (Å²) < 4.78 is 3.51. The van der Waals surface area contributed by atoms with Crippen molar-refractivity contribution in [2.75, 3.05) is 0 Å². The van der Waals surface area contributed by atoms with Gasteiger partial charge in [0.25, 0.3) is 0 Å². The number of nitrogens with zero attached hydrogens (tertiary/aromatic N) is 1. The molecule has 1 heterocycles. The van der Waals surface area contributed by atoms with E-state index in [1.54, 1.807) is 0 Å². The Balaban J connectivity index is 1.41. The molecule has 0 unspecified atom stereocenters. The summed E-state index contributed by atoms with van der Waals surface area (Å²) in [7, 11) is -2.65. The van der Waals surface area contributed by atoms with Gasteiger partial charge < -0.3 is 4.57 Å². The molecule has 0 saturated carbocycles. The first kappa shape index (κ1) is 27.6. The van der Waals surface area contributed by atoms with E-state index in [4.69, 9.17) is 0 Å². The summed E-state index contributed by atoms with van der Waals surface area (Å²) in [4.78, 5) is 0. The van der Waals surface area contributed by atoms with E-state index in [9.17, 15) is 0 Å². The van der Waals surface area contributed by atoms with Crippen molar-refractivity contribution >= 4 is 66.6 Å². The Morgan fingerprint density at radius 3 is 1.60 bits per heavy atom. The lowest BCUT2D eigenvalue weighted by Gasteiger charge is -2.34. The molecule has 0 radical (unpaired) electrons. The van der Waals surface area contributed by atoms with Crippen molar-refractivity contribution in [2.24, 2.45) is 0 Å². The lowest BCUT2D eigenvalue weighted by atomic mass is 10.0. The molecule has 0 N–H and O–H groups in total. The summed E-state index contributed by atoms with van der Waals surface area (Å²) in [6.07, 6.45) is 0. The van der Waals surface area contributed by atoms with Crippen molar-refractivity contribution in [1.29, 1.82) is 0 Å². The Kier molecular flexibility index (Phi) is 7.06. The normalized spacial score (nSPS) is 11.7. The van der Waals surface area contributed by atoms with E-state index < -0.39 is 8.07 Å². The first-order valence-electron chi connectivity index (χ1n) is 15.3. The van der Waals surface area contributed by atoms with E-state index in [0.717, 1.165) is 4.47 Å². The summed E-state index contributed by atoms with van der Waals surface area (Å²) in [5, 5.41) is 7.99. The average Bonchev–Trinajstić information content (AvgIpc) is 3.43. The van der Waals surface area contributed by atoms with Crippen LogP contribution >= 0.6 is 15.9 Å². The van der Waals surface area contributed by atoms with Gasteiger partial charge in [-0.15, -0.1) is 0 Å². The number of rotatable bonds is 6. The number of hydrogen-bond donors (Lipinski definition) is 0. The molecule has 0 fully saturated rings. The summed E-state index contributed by atoms with van der Waals surface area (Å²) >= 11 is 3.71. The minimum Gasteiger partial charge on any atom is -0.309 e. The number of aromatic nitrogens is 1. The Hall–Kier alpha value is -4.96. The molecule has 3 heteroatoms. The second kappa shape index (κ2) is 11.5. The Labute approximate surface area is 273 Å². The number of fused-ring (bicyclic) bond motifs is 3. The standard InChI is InChI=1S/C42H30BrNSi/c43-32-27-28-42-39(30-32)38-24-11-13-26-41(38)44(42)40-25-12-10-23-37(40)31-15-14-22-36(29-31)45(33-16-4-1-5-17-33,34-18-6-2-7-19-34)35-20-8-3-9-21-35/h1-30H. The number of halogens is 1. The second-order valence-corrected chi connectivity index (χ2v) is 16.2. The monoisotopic (exact) mass is 655 g/mol. The van der Waals surface area contributed by atoms with Gasteiger partial charge in [-0.25, -0.2) is 0 Å². The van der Waals surface area contributed by atoms with Gasteiger partial charge in [-0.1, -0.05) is 168 Å². The molecule has 0 saturated heterocycles. The van der Waals surface area contributed by atoms with Crippen molar-refractivity contribution in [3.05, 3.63) is 186 Å². The molecule has 1 aromatic heterocycles. The molecule has 0 aliphatic heterocycles. The van der Waals surface area contributed by atoms with Crippen LogP contribution in [0.15, 0.2) is 186 Å². The van der Waals surface area contributed by atoms with Crippen LogP contribution in [0.5, 0.6) is 0 Å². The highest BCUT2D eigenvalue weighted by atomic mass is 79.9. The van der Waals surface area contributed by atoms with Gasteiger partial charge in [0.2, 0.25) is 0 Å². The third-order valence-corrected chi connectivity index (χ3v) is 14.3. The molecule has 0 aliphatic rings. The van der Waals surface area contributed by atoms with Crippen LogP contribution in [-0.2, 0) is 0 Å². The maximum absolute atomic E-state index is 3.71. The average molecular weight is 657 g/mol. The number of hydrogen-bond acceptors (Lipinski definition) is 0. The third-order valence-electron chi connectivity index (χ3n) is 9.01. The van der Waals surface area contributed by atoms with E-state index in [0.29, 0.717) is 0 Å². The van der Waals surface area contributed by atoms with Gasteiger partial charge in [0.15, 0.2) is 8.07 Å². The van der Waals surface area contributed by atoms with Gasteiger partial charge in [0.05, 0.1) is 16.7 Å². The van der Waals surface area contributed by atoms with Gasteiger partial charge in [0, 0.05) is 20.8 Å². The maximum atomic E-state index is 3.71. The molecule has 0 atom stereocenters. The highest BCUT2D eigenvalue weighted by Gasteiger charge is 2.41. The zero-order valence-electron chi connectivity index (χ0n) is 24.6. The fourth-order valence-corrected chi connectivity index (χ4v) is 12.3. The van der Waals surface area contributed by atoms with Gasteiger partial charge in [-0.2, -0.15) is 0 Å². The minimum absolute atomic E-state index is 1.09. The summed E-state index contributed by atoms with van der Waals surface area (Å²) in [6, 6.07) is 66.9. The van der Waals surface area contributed by atoms with Crippen LogP contribution in [0.4, 0.5) is 0 Å². The van der Waals surface area contributed by atoms with Gasteiger partial charge in [0.1, 0.15) is 0 Å². The van der Waals surface area contributed by atoms with Crippen LogP contribution in [0.25, 0.3) is 38.6 Å². The molecule has 214 valence electrons. The van der Waals surface area contributed by atoms with Crippen molar-refractivity contribution < 1.29 is 0 Å². The fourth-order valence-electron chi connectivity index (χ4n) is 7.10. The van der Waals surface area contributed by atoms with Crippen LogP contribution in [0.1, 0.15) is 0 Å². The molecule has 45 heavy (non-hydrogen) atoms. The molecule has 8 aromatic rings. The van der Waals surface area contributed by atoms with E-state index in [1.165, 1.54) is 59.4 Å². The Morgan fingerprint density at radius 2 is 0.933 bits per heavy atom. The van der Waals surface area contributed by atoms with Crippen molar-refractivity contribution in [3.8, 4) is 16.8 Å². The smallest absolute Gasteiger partial charge is 0.179 e. The van der Waals surface area contributed by atoms with Crippen LogP contribution in [0.3, 0.4) is 0 Å². The van der Waals surface area contributed by atoms with Crippen LogP contribution in [0.2, 0.25) is 0 Å². The third kappa shape index (κ3) is 4.59. The summed E-state index contributed by atoms with van der Waals surface area (Å²) in [5.74, 6) is 0. The molecule has 0 amide bonds. The first-order chi connectivity index (χ1) is 22.2. The highest BCUT2D eigenvalue weighted by Crippen LogP contribution is 2.37. The quantitative estimate of drug-likeness (QED) is 0.125. The molecule has 0 spiro atoms. The first-order valence-corrected chi connectivity index (χ1v) is 18.1. The predicted molar refractivity (Wildman–Crippen MR) is 198 cm³/mol. The Bertz CT molecular complexity index is 2180. The van der Waals surface area contributed by atoms with Crippen molar-refractivity contribution in [2.45, 2.75) is 0 Å². The number of benzene rings is 7. The minimum atomic E-state index is -2.65. The van der Waals surface area contributed by atoms with Crippen LogP contribution in [0, 0.1) is 0 Å². The molecular formula is C42H30BrNSi. The largest absolute Gasteiger partial charge is 0.309 e. The second-order valence-electron chi connectivity index (χ2n) is 11.5. The van der Waals surface area contributed by atoms with E-state index in [-0.39, 0.29) is 0 Å². The molecule has 8 rings (SSSR count). The zero-order valence-corrected chi connectivity index (χ0v) is 27.2. The van der Waals surface area contributed by atoms with E-state index in [1.807, 2.05) is 0 Å². The zero-order chi connectivity index (χ0) is 30.2. The Morgan fingerprint density at radius 1 is 0.400 bits per heavy atom. The number of para-hydroxylation sites is 2. The van der Waals surface area contributed by atoms with E-state index in [2.05, 4.69) is 202 Å².